The fourth-order valence-electron chi connectivity index (χ4n) is 3.04. The Morgan fingerprint density at radius 1 is 0.786 bits per heavy atom. The molecular formula is C24H30O3Si. The highest BCUT2D eigenvalue weighted by atomic mass is 28.4. The van der Waals surface area contributed by atoms with Crippen LogP contribution >= 0.6 is 0 Å². The van der Waals surface area contributed by atoms with Gasteiger partial charge in [-0.3, -0.25) is 0 Å². The molecule has 0 heterocycles. The molecule has 0 aliphatic carbocycles. The maximum atomic E-state index is 6.77. The number of hydrogen-bond donors (Lipinski definition) is 0. The molecule has 0 spiro atoms. The molecule has 0 aliphatic rings. The lowest BCUT2D eigenvalue weighted by atomic mass is 9.98. The molecule has 0 N–H and O–H groups in total. The summed E-state index contributed by atoms with van der Waals surface area (Å²) in [5.41, 5.74) is 2.15. The van der Waals surface area contributed by atoms with Crippen LogP contribution in [0.2, 0.25) is 18.1 Å². The summed E-state index contributed by atoms with van der Waals surface area (Å²) in [5, 5.41) is 2.14. The maximum Gasteiger partial charge on any atom is 0.250 e. The van der Waals surface area contributed by atoms with Gasteiger partial charge in [-0.15, -0.1) is 0 Å². The summed E-state index contributed by atoms with van der Waals surface area (Å²) in [5.74, 6) is 2.55. The topological polar surface area (TPSA) is 27.7 Å². The largest absolute Gasteiger partial charge is 0.543 e. The zero-order valence-corrected chi connectivity index (χ0v) is 18.9. The number of fused-ring (bicyclic) bond motifs is 1. The van der Waals surface area contributed by atoms with Crippen molar-refractivity contribution >= 4 is 19.1 Å². The number of rotatable bonds is 5. The summed E-state index contributed by atoms with van der Waals surface area (Å²) in [6, 6.07) is 18.5. The first-order valence-corrected chi connectivity index (χ1v) is 12.5. The van der Waals surface area contributed by atoms with Crippen molar-refractivity contribution < 1.29 is 13.9 Å². The molecule has 148 valence electrons. The highest BCUT2D eigenvalue weighted by Crippen LogP contribution is 2.46. The molecule has 0 amide bonds. The molecule has 0 aliphatic heterocycles. The summed E-state index contributed by atoms with van der Waals surface area (Å²) < 4.78 is 18.1. The Hall–Kier alpha value is -2.46. The fraction of sp³-hybridized carbons (Fsp3) is 0.333. The molecule has 3 aromatic carbocycles. The van der Waals surface area contributed by atoms with E-state index < -0.39 is 8.32 Å². The number of ether oxygens (including phenoxy) is 2. The van der Waals surface area contributed by atoms with Crippen LogP contribution in [0.25, 0.3) is 21.9 Å². The molecule has 3 nitrogen and oxygen atoms in total. The van der Waals surface area contributed by atoms with E-state index in [1.54, 1.807) is 14.2 Å². The standard InChI is InChI=1S/C24H30O3Si/c1-24(2,3)28(6,7)27-22-16-20(17-11-9-8-10-12-17)23(26-5)19-14-13-18(25-4)15-21(19)22/h8-16H,1-7H3. The SMILES string of the molecule is COc1ccc2c(OC)c(-c3ccccc3)cc(O[Si](C)(C)C(C)(C)C)c2c1. The molecule has 3 aromatic rings. The van der Waals surface area contributed by atoms with Gasteiger partial charge in [0.1, 0.15) is 17.2 Å². The summed E-state index contributed by atoms with van der Waals surface area (Å²) >= 11 is 0. The predicted octanol–water partition coefficient (Wildman–Crippen LogP) is 6.91. The van der Waals surface area contributed by atoms with E-state index in [1.165, 1.54) is 0 Å². The maximum absolute atomic E-state index is 6.77. The molecule has 0 atom stereocenters. The van der Waals surface area contributed by atoms with Crippen LogP contribution in [0.15, 0.2) is 54.6 Å². The van der Waals surface area contributed by atoms with Crippen molar-refractivity contribution in [2.75, 3.05) is 14.2 Å². The Balaban J connectivity index is 2.31. The van der Waals surface area contributed by atoms with Crippen LogP contribution in [0.1, 0.15) is 20.8 Å². The van der Waals surface area contributed by atoms with E-state index in [-0.39, 0.29) is 5.04 Å². The van der Waals surface area contributed by atoms with E-state index >= 15 is 0 Å². The number of benzene rings is 3. The summed E-state index contributed by atoms with van der Waals surface area (Å²) in [7, 11) is 1.38. The van der Waals surface area contributed by atoms with Crippen LogP contribution in [-0.2, 0) is 0 Å². The van der Waals surface area contributed by atoms with Gasteiger partial charge in [-0.1, -0.05) is 51.1 Å². The Bertz CT molecular complexity index is 973. The van der Waals surface area contributed by atoms with Crippen molar-refractivity contribution in [3.63, 3.8) is 0 Å². The Morgan fingerprint density at radius 2 is 1.46 bits per heavy atom. The van der Waals surface area contributed by atoms with Gasteiger partial charge in [0.25, 0.3) is 8.32 Å². The lowest BCUT2D eigenvalue weighted by molar-refractivity contribution is 0.414. The zero-order valence-electron chi connectivity index (χ0n) is 17.9. The molecule has 0 fully saturated rings. The molecule has 28 heavy (non-hydrogen) atoms. The molecular weight excluding hydrogens is 364 g/mol. The third kappa shape index (κ3) is 3.74. The average molecular weight is 395 g/mol. The van der Waals surface area contributed by atoms with Gasteiger partial charge in [-0.2, -0.15) is 0 Å². The molecule has 3 rings (SSSR count). The van der Waals surface area contributed by atoms with E-state index in [2.05, 4.69) is 58.1 Å². The second-order valence-corrected chi connectivity index (χ2v) is 13.3. The monoisotopic (exact) mass is 394 g/mol. The van der Waals surface area contributed by atoms with E-state index in [1.807, 2.05) is 30.3 Å². The first kappa shape index (κ1) is 20.3. The fourth-order valence-corrected chi connectivity index (χ4v) is 4.06. The van der Waals surface area contributed by atoms with Crippen LogP contribution in [0.3, 0.4) is 0 Å². The first-order valence-electron chi connectivity index (χ1n) is 9.61. The quantitative estimate of drug-likeness (QED) is 0.440. The van der Waals surface area contributed by atoms with E-state index in [9.17, 15) is 0 Å². The average Bonchev–Trinajstić information content (AvgIpc) is 2.67. The molecule has 0 radical (unpaired) electrons. The smallest absolute Gasteiger partial charge is 0.250 e. The lowest BCUT2D eigenvalue weighted by Gasteiger charge is -2.37. The number of hydrogen-bond acceptors (Lipinski definition) is 3. The van der Waals surface area contributed by atoms with Crippen LogP contribution in [-0.4, -0.2) is 22.5 Å². The second-order valence-electron chi connectivity index (χ2n) is 8.60. The predicted molar refractivity (Wildman–Crippen MR) is 120 cm³/mol. The van der Waals surface area contributed by atoms with Gasteiger partial charge in [0.15, 0.2) is 0 Å². The first-order chi connectivity index (χ1) is 13.2. The van der Waals surface area contributed by atoms with Crippen molar-refractivity contribution in [1.82, 2.24) is 0 Å². The van der Waals surface area contributed by atoms with Gasteiger partial charge in [0.2, 0.25) is 0 Å². The molecule has 4 heteroatoms. The van der Waals surface area contributed by atoms with Crippen LogP contribution in [0, 0.1) is 0 Å². The number of methoxy groups -OCH3 is 2. The van der Waals surface area contributed by atoms with Crippen molar-refractivity contribution in [1.29, 1.82) is 0 Å². The third-order valence-corrected chi connectivity index (χ3v) is 10.1. The third-order valence-electron chi connectivity index (χ3n) is 5.72. The van der Waals surface area contributed by atoms with Crippen molar-refractivity contribution in [3.8, 4) is 28.4 Å². The molecule has 0 saturated heterocycles. The van der Waals surface area contributed by atoms with E-state index in [0.717, 1.165) is 39.1 Å². The van der Waals surface area contributed by atoms with Crippen LogP contribution < -0.4 is 13.9 Å². The molecule has 0 bridgehead atoms. The van der Waals surface area contributed by atoms with Gasteiger partial charge >= 0.3 is 0 Å². The molecule has 0 unspecified atom stereocenters. The highest BCUT2D eigenvalue weighted by Gasteiger charge is 2.39. The van der Waals surface area contributed by atoms with Crippen molar-refractivity contribution in [2.24, 2.45) is 0 Å². The minimum absolute atomic E-state index is 0.102. The highest BCUT2D eigenvalue weighted by molar-refractivity contribution is 6.74. The van der Waals surface area contributed by atoms with Crippen LogP contribution in [0.4, 0.5) is 0 Å². The lowest BCUT2D eigenvalue weighted by Crippen LogP contribution is -2.43. The summed E-state index contributed by atoms with van der Waals surface area (Å²) in [6.07, 6.45) is 0. The van der Waals surface area contributed by atoms with E-state index in [0.29, 0.717) is 0 Å². The minimum Gasteiger partial charge on any atom is -0.543 e. The van der Waals surface area contributed by atoms with Gasteiger partial charge in [-0.25, -0.2) is 0 Å². The Kier molecular flexibility index (Phi) is 5.44. The van der Waals surface area contributed by atoms with Crippen molar-refractivity contribution in [3.05, 3.63) is 54.6 Å². The Labute approximate surface area is 169 Å². The summed E-state index contributed by atoms with van der Waals surface area (Å²) in [4.78, 5) is 0. The normalized spacial score (nSPS) is 12.1. The van der Waals surface area contributed by atoms with Crippen molar-refractivity contribution in [2.45, 2.75) is 38.9 Å². The van der Waals surface area contributed by atoms with E-state index in [4.69, 9.17) is 13.9 Å². The van der Waals surface area contributed by atoms with Gasteiger partial charge in [0, 0.05) is 16.3 Å². The minimum atomic E-state index is -2.02. The van der Waals surface area contributed by atoms with Gasteiger partial charge in [-0.05, 0) is 48.0 Å². The molecule has 0 saturated carbocycles. The van der Waals surface area contributed by atoms with Crippen LogP contribution in [0.5, 0.6) is 17.2 Å². The zero-order chi connectivity index (χ0) is 20.5. The van der Waals surface area contributed by atoms with Gasteiger partial charge in [0.05, 0.1) is 14.2 Å². The van der Waals surface area contributed by atoms with Gasteiger partial charge < -0.3 is 13.9 Å². The summed E-state index contributed by atoms with van der Waals surface area (Å²) in [6.45, 7) is 11.3. The Morgan fingerprint density at radius 3 is 2.04 bits per heavy atom. The molecule has 0 aromatic heterocycles. The second kappa shape index (κ2) is 7.51.